The van der Waals surface area contributed by atoms with E-state index >= 15 is 0 Å². The van der Waals surface area contributed by atoms with Gasteiger partial charge in [-0.3, -0.25) is 20.2 Å². The van der Waals surface area contributed by atoms with Crippen molar-refractivity contribution in [1.82, 2.24) is 30.0 Å². The molecule has 0 radical (unpaired) electrons. The largest absolute Gasteiger partial charge is 0.462 e. The number of carbonyl (C=O) groups is 3. The van der Waals surface area contributed by atoms with E-state index in [1.54, 1.807) is 0 Å². The maximum absolute atomic E-state index is 13.4. The molecule has 5 rings (SSSR count). The van der Waals surface area contributed by atoms with Gasteiger partial charge in [-0.05, 0) is 42.0 Å². The van der Waals surface area contributed by atoms with Crippen LogP contribution in [0.4, 0.5) is 11.4 Å². The molecule has 0 aliphatic rings. The van der Waals surface area contributed by atoms with Gasteiger partial charge in [0, 0.05) is 23.3 Å². The molecule has 21 heteroatoms. The van der Waals surface area contributed by atoms with Crippen LogP contribution < -0.4 is 0 Å². The lowest BCUT2D eigenvalue weighted by atomic mass is 10.0. The zero-order chi connectivity index (χ0) is 42.6. The summed E-state index contributed by atoms with van der Waals surface area (Å²) in [7, 11) is 0. The number of nitro benzene ring substituents is 2. The number of esters is 3. The minimum absolute atomic E-state index is 0.00296. The molecule has 0 aliphatic heterocycles. The topological polar surface area (TPSA) is 227 Å². The first-order valence-corrected chi connectivity index (χ1v) is 18.7. The lowest BCUT2D eigenvalue weighted by Gasteiger charge is -2.12. The molecule has 2 aromatic heterocycles. The van der Waals surface area contributed by atoms with Crippen molar-refractivity contribution in [3.63, 3.8) is 0 Å². The Morgan fingerprint density at radius 1 is 0.586 bits per heavy atom. The van der Waals surface area contributed by atoms with Crippen molar-refractivity contribution in [2.45, 2.75) is 41.5 Å². The molecule has 18 nitrogen and oxygen atoms in total. The van der Waals surface area contributed by atoms with E-state index in [0.717, 1.165) is 21.5 Å². The van der Waals surface area contributed by atoms with Crippen molar-refractivity contribution in [2.75, 3.05) is 19.8 Å². The third kappa shape index (κ3) is 9.75. The number of rotatable bonds is 15. The van der Waals surface area contributed by atoms with Crippen LogP contribution in [0.1, 0.15) is 72.6 Å². The average molecular weight is 858 g/mol. The molecular formula is C37H35Cl3N8O10. The highest BCUT2D eigenvalue weighted by molar-refractivity contribution is 6.36. The monoisotopic (exact) mass is 856 g/mol. The number of benzene rings is 3. The summed E-state index contributed by atoms with van der Waals surface area (Å²) in [6, 6.07) is 7.29. The van der Waals surface area contributed by atoms with Gasteiger partial charge in [-0.1, -0.05) is 86.8 Å². The van der Waals surface area contributed by atoms with Crippen molar-refractivity contribution >= 4 is 64.1 Å². The smallest absolute Gasteiger partial charge is 0.338 e. The van der Waals surface area contributed by atoms with Gasteiger partial charge in [0.05, 0.1) is 75.1 Å². The minimum atomic E-state index is -0.822. The van der Waals surface area contributed by atoms with Crippen molar-refractivity contribution < 1.29 is 38.4 Å². The highest BCUT2D eigenvalue weighted by Gasteiger charge is 2.27. The minimum Gasteiger partial charge on any atom is -0.462 e. The molecular weight excluding hydrogens is 823 g/mol. The van der Waals surface area contributed by atoms with Crippen LogP contribution >= 0.6 is 34.8 Å². The van der Waals surface area contributed by atoms with Gasteiger partial charge in [0.25, 0.3) is 11.4 Å². The summed E-state index contributed by atoms with van der Waals surface area (Å²) >= 11 is 19.9. The van der Waals surface area contributed by atoms with E-state index in [9.17, 15) is 34.6 Å². The molecule has 2 heterocycles. The summed E-state index contributed by atoms with van der Waals surface area (Å²) in [5.74, 6) is -2.39. The second kappa shape index (κ2) is 18.1. The van der Waals surface area contributed by atoms with E-state index in [4.69, 9.17) is 49.0 Å². The summed E-state index contributed by atoms with van der Waals surface area (Å²) in [5, 5.41) is 39.7. The molecule has 0 fully saturated rings. The van der Waals surface area contributed by atoms with Gasteiger partial charge in [-0.15, -0.1) is 10.2 Å². The fourth-order valence-electron chi connectivity index (χ4n) is 5.13. The summed E-state index contributed by atoms with van der Waals surface area (Å²) in [6.45, 7) is 11.2. The zero-order valence-corrected chi connectivity index (χ0v) is 34.0. The van der Waals surface area contributed by atoms with Crippen LogP contribution in [0, 0.1) is 38.0 Å². The molecule has 3 aromatic carbocycles. The predicted octanol–water partition coefficient (Wildman–Crippen LogP) is 8.40. The van der Waals surface area contributed by atoms with Gasteiger partial charge < -0.3 is 14.2 Å². The number of halogens is 3. The Labute approximate surface area is 345 Å². The number of hydrogen-bond acceptors (Lipinski definition) is 14. The molecule has 0 N–H and O–H groups in total. The number of aromatic nitrogens is 6. The highest BCUT2D eigenvalue weighted by Crippen LogP contribution is 2.39. The lowest BCUT2D eigenvalue weighted by Crippen LogP contribution is -2.12. The Bertz CT molecular complexity index is 2280. The van der Waals surface area contributed by atoms with Crippen LogP contribution in [0.2, 0.25) is 15.1 Å². The van der Waals surface area contributed by atoms with Crippen molar-refractivity contribution in [1.29, 1.82) is 0 Å². The van der Waals surface area contributed by atoms with E-state index < -0.39 is 39.1 Å². The number of carbonyl (C=O) groups excluding carboxylic acids is 3. The summed E-state index contributed by atoms with van der Waals surface area (Å²) in [6.07, 6.45) is 2.64. The maximum atomic E-state index is 13.4. The summed E-state index contributed by atoms with van der Waals surface area (Å²) in [5.41, 5.74) is -1.31. The van der Waals surface area contributed by atoms with E-state index in [2.05, 4.69) is 20.6 Å². The summed E-state index contributed by atoms with van der Waals surface area (Å²) in [4.78, 5) is 61.4. The average Bonchev–Trinajstić information content (AvgIpc) is 3.86. The summed E-state index contributed by atoms with van der Waals surface area (Å²) < 4.78 is 18.2. The SMILES string of the molecule is CC(C)COC(=O)c1cc(-c2cn(-c3cc(C(=O)OCC(C)C)cc([N+](=O)[O-])c3Cl)nn2)c(Cl)c(-c2cn(-c3cc(C(=O)OCC(C)C)cc([N+](=O)[O-])c3Cl)nn2)c1. The van der Waals surface area contributed by atoms with Crippen LogP contribution in [0.15, 0.2) is 48.8 Å². The Kier molecular flexibility index (Phi) is 13.5. The zero-order valence-electron chi connectivity index (χ0n) is 31.8. The van der Waals surface area contributed by atoms with E-state index in [1.165, 1.54) is 36.7 Å². The van der Waals surface area contributed by atoms with Crippen LogP contribution in [-0.4, -0.2) is 77.6 Å². The molecule has 58 heavy (non-hydrogen) atoms. The molecule has 0 amide bonds. The van der Waals surface area contributed by atoms with Crippen LogP contribution in [0.3, 0.4) is 0 Å². The van der Waals surface area contributed by atoms with Gasteiger partial charge in [-0.25, -0.2) is 23.7 Å². The van der Waals surface area contributed by atoms with Gasteiger partial charge in [0.2, 0.25) is 0 Å². The third-order valence-corrected chi connectivity index (χ3v) is 9.10. The molecule has 0 saturated heterocycles. The van der Waals surface area contributed by atoms with Gasteiger partial charge >= 0.3 is 17.9 Å². The second-order valence-electron chi connectivity index (χ2n) is 14.1. The number of ether oxygens (including phenoxy) is 3. The lowest BCUT2D eigenvalue weighted by molar-refractivity contribution is -0.384. The Balaban J connectivity index is 1.63. The first-order chi connectivity index (χ1) is 27.4. The highest BCUT2D eigenvalue weighted by atomic mass is 35.5. The molecule has 0 unspecified atom stereocenters. The van der Waals surface area contributed by atoms with E-state index in [0.29, 0.717) is 0 Å². The molecule has 0 bridgehead atoms. The van der Waals surface area contributed by atoms with Gasteiger partial charge in [0.15, 0.2) is 0 Å². The molecule has 304 valence electrons. The van der Waals surface area contributed by atoms with E-state index in [-0.39, 0.29) is 103 Å². The van der Waals surface area contributed by atoms with Crippen molar-refractivity contribution in [2.24, 2.45) is 17.8 Å². The van der Waals surface area contributed by atoms with Crippen LogP contribution in [0.25, 0.3) is 33.9 Å². The normalized spacial score (nSPS) is 11.3. The number of nitro groups is 2. The standard InChI is InChI=1S/C37H35Cl3N8O10/c1-18(2)15-56-35(49)21-7-24(26-13-45(43-41-26)28-9-22(36(50)57-16-19(3)4)11-30(33(28)39)47(52)53)32(38)25(8-21)27-14-46(44-42-27)29-10-23(37(51)58-17-20(5)6)12-31(34(29)40)48(54)55/h7-14,18-20H,15-17H2,1-6H3. The Morgan fingerprint density at radius 2 is 0.914 bits per heavy atom. The first kappa shape index (κ1) is 43.1. The number of nitrogens with zero attached hydrogens (tertiary/aromatic N) is 8. The van der Waals surface area contributed by atoms with E-state index in [1.807, 2.05) is 41.5 Å². The van der Waals surface area contributed by atoms with Crippen molar-refractivity contribution in [3.05, 3.63) is 101 Å². The van der Waals surface area contributed by atoms with Gasteiger partial charge in [0.1, 0.15) is 21.4 Å². The molecule has 0 spiro atoms. The van der Waals surface area contributed by atoms with Crippen LogP contribution in [-0.2, 0) is 14.2 Å². The second-order valence-corrected chi connectivity index (χ2v) is 15.3. The molecule has 0 saturated carbocycles. The Morgan fingerprint density at radius 3 is 1.22 bits per heavy atom. The molecule has 0 aliphatic carbocycles. The quantitative estimate of drug-likeness (QED) is 0.0417. The first-order valence-electron chi connectivity index (χ1n) is 17.5. The number of hydrogen-bond donors (Lipinski definition) is 0. The fraction of sp³-hybridized carbons (Fsp3) is 0.324. The molecule has 0 atom stereocenters. The molecule has 5 aromatic rings. The fourth-order valence-corrected chi connectivity index (χ4v) is 5.96. The predicted molar refractivity (Wildman–Crippen MR) is 211 cm³/mol. The van der Waals surface area contributed by atoms with Crippen molar-refractivity contribution in [3.8, 4) is 33.9 Å². The van der Waals surface area contributed by atoms with Gasteiger partial charge in [-0.2, -0.15) is 0 Å². The van der Waals surface area contributed by atoms with Crippen LogP contribution in [0.5, 0.6) is 0 Å². The third-order valence-electron chi connectivity index (χ3n) is 7.92. The maximum Gasteiger partial charge on any atom is 0.338 e. The Hall–Kier alpha value is -5.98.